The Labute approximate surface area is 131 Å². The Morgan fingerprint density at radius 1 is 1.27 bits per heavy atom. The zero-order valence-corrected chi connectivity index (χ0v) is 13.7. The van der Waals surface area contributed by atoms with Crippen LogP contribution in [0.15, 0.2) is 30.3 Å². The van der Waals surface area contributed by atoms with Gasteiger partial charge in [0.15, 0.2) is 0 Å². The van der Waals surface area contributed by atoms with Crippen LogP contribution in [-0.2, 0) is 0 Å². The summed E-state index contributed by atoms with van der Waals surface area (Å²) in [7, 11) is 1.66. The van der Waals surface area contributed by atoms with Crippen LogP contribution in [0.1, 0.15) is 48.8 Å². The highest BCUT2D eigenvalue weighted by atomic mass is 16.5. The largest absolute Gasteiger partial charge is 0.496 e. The van der Waals surface area contributed by atoms with Crippen molar-refractivity contribution >= 4 is 5.91 Å². The highest BCUT2D eigenvalue weighted by Gasteiger charge is 2.22. The predicted molar refractivity (Wildman–Crippen MR) is 89.3 cm³/mol. The molecule has 1 heterocycles. The molecule has 0 bridgehead atoms. The lowest BCUT2D eigenvalue weighted by molar-refractivity contribution is 0.0999. The van der Waals surface area contributed by atoms with Crippen LogP contribution in [-0.4, -0.2) is 17.6 Å². The number of carbonyl (C=O) groups excluding carboxylic acids is 1. The van der Waals surface area contributed by atoms with E-state index in [4.69, 9.17) is 10.5 Å². The molecule has 0 aliphatic rings. The topological polar surface area (TPSA) is 57.2 Å². The molecule has 1 amide bonds. The molecule has 4 heteroatoms. The van der Waals surface area contributed by atoms with Crippen LogP contribution in [0.2, 0.25) is 0 Å². The van der Waals surface area contributed by atoms with Gasteiger partial charge < -0.3 is 15.0 Å². The summed E-state index contributed by atoms with van der Waals surface area (Å²) >= 11 is 0. The Balaban J connectivity index is 2.74. The van der Waals surface area contributed by atoms with Crippen molar-refractivity contribution in [2.24, 2.45) is 5.73 Å². The molecule has 0 fully saturated rings. The van der Waals surface area contributed by atoms with Crippen molar-refractivity contribution in [3.05, 3.63) is 41.6 Å². The number of primary amides is 1. The maximum absolute atomic E-state index is 11.7. The lowest BCUT2D eigenvalue weighted by Crippen LogP contribution is -2.14. The smallest absolute Gasteiger partial charge is 0.250 e. The number of nitrogens with two attached hydrogens (primary N) is 1. The molecule has 22 heavy (non-hydrogen) atoms. The molecular formula is C18H24N2O2. The number of para-hydroxylation sites is 1. The fraction of sp³-hybridized carbons (Fsp3) is 0.389. The van der Waals surface area contributed by atoms with E-state index in [1.807, 2.05) is 37.3 Å². The van der Waals surface area contributed by atoms with Crippen molar-refractivity contribution in [2.75, 3.05) is 7.11 Å². The maximum atomic E-state index is 11.7. The van der Waals surface area contributed by atoms with Crippen LogP contribution in [0.5, 0.6) is 5.75 Å². The Bertz CT molecular complexity index is 670. The van der Waals surface area contributed by atoms with Crippen molar-refractivity contribution < 1.29 is 9.53 Å². The van der Waals surface area contributed by atoms with Gasteiger partial charge in [-0.2, -0.15) is 0 Å². The van der Waals surface area contributed by atoms with Gasteiger partial charge in [0.25, 0.3) is 5.91 Å². The Morgan fingerprint density at radius 2 is 1.91 bits per heavy atom. The highest BCUT2D eigenvalue weighted by Crippen LogP contribution is 2.36. The number of ether oxygens (including phenoxy) is 1. The van der Waals surface area contributed by atoms with Crippen LogP contribution < -0.4 is 10.5 Å². The zero-order chi connectivity index (χ0) is 16.3. The van der Waals surface area contributed by atoms with Crippen LogP contribution in [0.4, 0.5) is 0 Å². The molecule has 4 nitrogen and oxygen atoms in total. The van der Waals surface area contributed by atoms with Gasteiger partial charge >= 0.3 is 0 Å². The van der Waals surface area contributed by atoms with Crippen molar-refractivity contribution in [3.8, 4) is 17.0 Å². The summed E-state index contributed by atoms with van der Waals surface area (Å²) in [6.45, 7) is 6.27. The maximum Gasteiger partial charge on any atom is 0.250 e. The monoisotopic (exact) mass is 300 g/mol. The lowest BCUT2D eigenvalue weighted by Gasteiger charge is -2.22. The van der Waals surface area contributed by atoms with Gasteiger partial charge in [0.1, 0.15) is 5.75 Å². The van der Waals surface area contributed by atoms with E-state index in [9.17, 15) is 4.79 Å². The van der Waals surface area contributed by atoms with E-state index < -0.39 is 5.91 Å². The van der Waals surface area contributed by atoms with Gasteiger partial charge in [-0.3, -0.25) is 4.79 Å². The average Bonchev–Trinajstić information content (AvgIpc) is 2.86. The number of hydrogen-bond acceptors (Lipinski definition) is 2. The van der Waals surface area contributed by atoms with Gasteiger partial charge in [0, 0.05) is 17.3 Å². The second-order valence-corrected chi connectivity index (χ2v) is 5.43. The first-order valence-electron chi connectivity index (χ1n) is 7.70. The van der Waals surface area contributed by atoms with E-state index in [0.29, 0.717) is 11.6 Å². The number of methoxy groups -OCH3 is 1. The van der Waals surface area contributed by atoms with E-state index in [1.165, 1.54) is 0 Å². The first-order valence-corrected chi connectivity index (χ1v) is 7.70. The standard InChI is InChI=1S/C18H24N2O2/c1-5-13(6-2)20-12(3)15(18(19)21)11-16(20)14-9-7-8-10-17(14)22-4/h7-11,13H,5-6H2,1-4H3,(H2,19,21). The summed E-state index contributed by atoms with van der Waals surface area (Å²) < 4.78 is 7.70. The van der Waals surface area contributed by atoms with Gasteiger partial charge in [-0.15, -0.1) is 0 Å². The number of rotatable bonds is 6. The number of aromatic nitrogens is 1. The fourth-order valence-corrected chi connectivity index (χ4v) is 3.06. The third-order valence-electron chi connectivity index (χ3n) is 4.25. The third kappa shape index (κ3) is 2.73. The minimum absolute atomic E-state index is 0.327. The molecule has 1 aromatic heterocycles. The van der Waals surface area contributed by atoms with E-state index in [2.05, 4.69) is 18.4 Å². The molecule has 2 aromatic rings. The SMILES string of the molecule is CCC(CC)n1c(-c2ccccc2OC)cc(C(N)=O)c1C. The van der Waals surface area contributed by atoms with Crippen molar-refractivity contribution in [1.29, 1.82) is 0 Å². The molecule has 0 saturated heterocycles. The summed E-state index contributed by atoms with van der Waals surface area (Å²) in [6.07, 6.45) is 1.98. The van der Waals surface area contributed by atoms with Gasteiger partial charge in [-0.05, 0) is 38.0 Å². The van der Waals surface area contributed by atoms with E-state index in [-0.39, 0.29) is 0 Å². The molecule has 0 unspecified atom stereocenters. The van der Waals surface area contributed by atoms with Crippen molar-refractivity contribution in [1.82, 2.24) is 4.57 Å². The average molecular weight is 300 g/mol. The van der Waals surface area contributed by atoms with Crippen molar-refractivity contribution in [3.63, 3.8) is 0 Å². The fourth-order valence-electron chi connectivity index (χ4n) is 3.06. The highest BCUT2D eigenvalue weighted by molar-refractivity contribution is 5.96. The molecular weight excluding hydrogens is 276 g/mol. The molecule has 2 rings (SSSR count). The first kappa shape index (κ1) is 16.1. The second kappa shape index (κ2) is 6.69. The number of amides is 1. The Morgan fingerprint density at radius 3 is 2.45 bits per heavy atom. The molecule has 0 atom stereocenters. The predicted octanol–water partition coefficient (Wildman–Crippen LogP) is 3.93. The number of nitrogens with zero attached hydrogens (tertiary/aromatic N) is 1. The molecule has 1 aromatic carbocycles. The Hall–Kier alpha value is -2.23. The molecule has 118 valence electrons. The van der Waals surface area contributed by atoms with Crippen LogP contribution in [0, 0.1) is 6.92 Å². The normalized spacial score (nSPS) is 11.0. The Kier molecular flexibility index (Phi) is 4.91. The van der Waals surface area contributed by atoms with Gasteiger partial charge in [0.2, 0.25) is 0 Å². The molecule has 0 radical (unpaired) electrons. The zero-order valence-electron chi connectivity index (χ0n) is 13.7. The van der Waals surface area contributed by atoms with E-state index in [1.54, 1.807) is 7.11 Å². The lowest BCUT2D eigenvalue weighted by atomic mass is 10.1. The van der Waals surface area contributed by atoms with Crippen LogP contribution >= 0.6 is 0 Å². The summed E-state index contributed by atoms with van der Waals surface area (Å²) in [4.78, 5) is 11.7. The summed E-state index contributed by atoms with van der Waals surface area (Å²) in [5, 5.41) is 0. The minimum atomic E-state index is -0.390. The third-order valence-corrected chi connectivity index (χ3v) is 4.25. The molecule has 0 spiro atoms. The number of hydrogen-bond donors (Lipinski definition) is 1. The number of benzene rings is 1. The molecule has 2 N–H and O–H groups in total. The molecule has 0 aliphatic heterocycles. The van der Waals surface area contributed by atoms with Crippen molar-refractivity contribution in [2.45, 2.75) is 39.7 Å². The van der Waals surface area contributed by atoms with Crippen LogP contribution in [0.3, 0.4) is 0 Å². The molecule has 0 aliphatic carbocycles. The quantitative estimate of drug-likeness (QED) is 0.878. The summed E-state index contributed by atoms with van der Waals surface area (Å²) in [5.41, 5.74) is 9.00. The first-order chi connectivity index (χ1) is 10.5. The summed E-state index contributed by atoms with van der Waals surface area (Å²) in [6, 6.07) is 10.1. The number of carbonyl (C=O) groups is 1. The van der Waals surface area contributed by atoms with E-state index >= 15 is 0 Å². The summed E-state index contributed by atoms with van der Waals surface area (Å²) in [5.74, 6) is 0.404. The van der Waals surface area contributed by atoms with Gasteiger partial charge in [0.05, 0.1) is 18.4 Å². The second-order valence-electron chi connectivity index (χ2n) is 5.43. The van der Waals surface area contributed by atoms with Gasteiger partial charge in [-0.1, -0.05) is 26.0 Å². The van der Waals surface area contributed by atoms with Crippen LogP contribution in [0.25, 0.3) is 11.3 Å². The minimum Gasteiger partial charge on any atom is -0.496 e. The van der Waals surface area contributed by atoms with E-state index in [0.717, 1.165) is 35.5 Å². The molecule has 0 saturated carbocycles. The van der Waals surface area contributed by atoms with Gasteiger partial charge in [-0.25, -0.2) is 0 Å².